The Balaban J connectivity index is 1.37. The monoisotopic (exact) mass is 381 g/mol. The quantitative estimate of drug-likeness (QED) is 0.686. The number of hydrogen-bond donors (Lipinski definition) is 2. The van der Waals surface area contributed by atoms with Crippen molar-refractivity contribution >= 4 is 11.6 Å². The Bertz CT molecular complexity index is 710. The number of hydrogen-bond acceptors (Lipinski definition) is 4. The average molecular weight is 382 g/mol. The van der Waals surface area contributed by atoms with Crippen molar-refractivity contribution in [3.05, 3.63) is 54.6 Å². The van der Waals surface area contributed by atoms with Crippen LogP contribution in [0.1, 0.15) is 25.7 Å². The number of anilines is 1. The van der Waals surface area contributed by atoms with Gasteiger partial charge in [0.25, 0.3) is 0 Å². The van der Waals surface area contributed by atoms with Crippen LogP contribution in [0.2, 0.25) is 0 Å². The van der Waals surface area contributed by atoms with E-state index in [-0.39, 0.29) is 5.91 Å². The Morgan fingerprint density at radius 2 is 1.71 bits per heavy atom. The summed E-state index contributed by atoms with van der Waals surface area (Å²) in [4.78, 5) is 14.7. The summed E-state index contributed by atoms with van der Waals surface area (Å²) in [6.07, 6.45) is 4.27. The molecule has 150 valence electrons. The normalized spacial score (nSPS) is 15.3. The standard InChI is InChI=1S/C23H31N3O2/c1-24-15-11-19-12-16-26(17-13-19)18-14-23(27)25-20-7-9-22(10-8-20)28-21-5-3-2-4-6-21/h2-10,19,24H,11-18H2,1H3,(H,25,27). The molecular weight excluding hydrogens is 350 g/mol. The van der Waals surface area contributed by atoms with Gasteiger partial charge in [-0.3, -0.25) is 4.79 Å². The maximum Gasteiger partial charge on any atom is 0.225 e. The molecule has 0 spiro atoms. The molecule has 1 aliphatic rings. The lowest BCUT2D eigenvalue weighted by Crippen LogP contribution is -2.36. The van der Waals surface area contributed by atoms with Gasteiger partial charge in [-0.25, -0.2) is 0 Å². The van der Waals surface area contributed by atoms with Gasteiger partial charge in [0, 0.05) is 18.7 Å². The van der Waals surface area contributed by atoms with Crippen molar-refractivity contribution in [2.45, 2.75) is 25.7 Å². The number of piperidine rings is 1. The largest absolute Gasteiger partial charge is 0.457 e. The van der Waals surface area contributed by atoms with Gasteiger partial charge < -0.3 is 20.3 Å². The van der Waals surface area contributed by atoms with E-state index < -0.39 is 0 Å². The summed E-state index contributed by atoms with van der Waals surface area (Å²) in [5.74, 6) is 2.45. The number of carbonyl (C=O) groups is 1. The molecule has 0 saturated carbocycles. The Morgan fingerprint density at radius 1 is 1.04 bits per heavy atom. The Hall–Kier alpha value is -2.37. The first-order valence-corrected chi connectivity index (χ1v) is 10.2. The maximum atomic E-state index is 12.3. The molecule has 2 aromatic rings. The van der Waals surface area contributed by atoms with Crippen LogP contribution in [0.5, 0.6) is 11.5 Å². The molecule has 0 unspecified atom stereocenters. The topological polar surface area (TPSA) is 53.6 Å². The lowest BCUT2D eigenvalue weighted by Gasteiger charge is -2.31. The fourth-order valence-corrected chi connectivity index (χ4v) is 3.56. The second-order valence-corrected chi connectivity index (χ2v) is 7.41. The third-order valence-electron chi connectivity index (χ3n) is 5.28. The van der Waals surface area contributed by atoms with Gasteiger partial charge in [-0.1, -0.05) is 18.2 Å². The van der Waals surface area contributed by atoms with Gasteiger partial charge in [0.15, 0.2) is 0 Å². The molecule has 1 saturated heterocycles. The van der Waals surface area contributed by atoms with E-state index in [2.05, 4.69) is 15.5 Å². The van der Waals surface area contributed by atoms with E-state index in [0.717, 1.165) is 49.3 Å². The van der Waals surface area contributed by atoms with Crippen LogP contribution >= 0.6 is 0 Å². The predicted molar refractivity (Wildman–Crippen MR) is 114 cm³/mol. The number of carbonyl (C=O) groups excluding carboxylic acids is 1. The van der Waals surface area contributed by atoms with Crippen LogP contribution in [0.15, 0.2) is 54.6 Å². The fraction of sp³-hybridized carbons (Fsp3) is 0.435. The molecule has 0 aliphatic carbocycles. The number of para-hydroxylation sites is 1. The number of benzene rings is 2. The Kier molecular flexibility index (Phi) is 7.88. The van der Waals surface area contributed by atoms with E-state index in [4.69, 9.17) is 4.74 Å². The SMILES string of the molecule is CNCCC1CCN(CCC(=O)Nc2ccc(Oc3ccccc3)cc2)CC1. The van der Waals surface area contributed by atoms with Crippen molar-refractivity contribution in [2.75, 3.05) is 38.5 Å². The van der Waals surface area contributed by atoms with Crippen molar-refractivity contribution in [3.8, 4) is 11.5 Å². The first kappa shape index (κ1) is 20.4. The number of rotatable bonds is 9. The highest BCUT2D eigenvalue weighted by Gasteiger charge is 2.19. The molecule has 28 heavy (non-hydrogen) atoms. The third kappa shape index (κ3) is 6.66. The van der Waals surface area contributed by atoms with Crippen LogP contribution in [0, 0.1) is 5.92 Å². The zero-order valence-electron chi connectivity index (χ0n) is 16.7. The Morgan fingerprint density at radius 3 is 2.39 bits per heavy atom. The van der Waals surface area contributed by atoms with Crippen LogP contribution in [0.25, 0.3) is 0 Å². The summed E-state index contributed by atoms with van der Waals surface area (Å²) in [6, 6.07) is 17.2. The van der Waals surface area contributed by atoms with Gasteiger partial charge in [0.1, 0.15) is 11.5 Å². The first-order valence-electron chi connectivity index (χ1n) is 10.2. The summed E-state index contributed by atoms with van der Waals surface area (Å²) < 4.78 is 5.77. The van der Waals surface area contributed by atoms with E-state index in [0.29, 0.717) is 6.42 Å². The molecule has 0 bridgehead atoms. The van der Waals surface area contributed by atoms with E-state index in [1.165, 1.54) is 19.3 Å². The fourth-order valence-electron chi connectivity index (χ4n) is 3.56. The lowest BCUT2D eigenvalue weighted by molar-refractivity contribution is -0.116. The molecule has 5 nitrogen and oxygen atoms in total. The molecule has 5 heteroatoms. The van der Waals surface area contributed by atoms with E-state index in [1.807, 2.05) is 61.6 Å². The molecule has 3 rings (SSSR count). The zero-order valence-corrected chi connectivity index (χ0v) is 16.7. The van der Waals surface area contributed by atoms with Crippen LogP contribution in [-0.2, 0) is 4.79 Å². The van der Waals surface area contributed by atoms with E-state index in [9.17, 15) is 4.79 Å². The smallest absolute Gasteiger partial charge is 0.225 e. The summed E-state index contributed by atoms with van der Waals surface area (Å²) in [6.45, 7) is 4.14. The lowest BCUT2D eigenvalue weighted by atomic mass is 9.93. The van der Waals surface area contributed by atoms with Crippen molar-refractivity contribution < 1.29 is 9.53 Å². The van der Waals surface area contributed by atoms with E-state index in [1.54, 1.807) is 0 Å². The predicted octanol–water partition coefficient (Wildman–Crippen LogP) is 4.13. The number of amides is 1. The minimum absolute atomic E-state index is 0.0639. The van der Waals surface area contributed by atoms with Crippen molar-refractivity contribution in [1.29, 1.82) is 0 Å². The average Bonchev–Trinajstić information content (AvgIpc) is 2.74. The summed E-state index contributed by atoms with van der Waals surface area (Å²) in [5.41, 5.74) is 0.802. The molecular formula is C23H31N3O2. The second-order valence-electron chi connectivity index (χ2n) is 7.41. The second kappa shape index (κ2) is 10.8. The van der Waals surface area contributed by atoms with Gasteiger partial charge in [-0.05, 0) is 88.3 Å². The van der Waals surface area contributed by atoms with Crippen molar-refractivity contribution in [2.24, 2.45) is 5.92 Å². The van der Waals surface area contributed by atoms with Gasteiger partial charge in [-0.15, -0.1) is 0 Å². The number of likely N-dealkylation sites (tertiary alicyclic amines) is 1. The van der Waals surface area contributed by atoms with Crippen LogP contribution in [-0.4, -0.2) is 44.0 Å². The molecule has 2 N–H and O–H groups in total. The number of nitrogens with one attached hydrogen (secondary N) is 2. The Labute approximate surface area is 168 Å². The molecule has 1 aliphatic heterocycles. The zero-order chi connectivity index (χ0) is 19.6. The third-order valence-corrected chi connectivity index (χ3v) is 5.28. The molecule has 0 radical (unpaired) electrons. The van der Waals surface area contributed by atoms with Crippen LogP contribution in [0.4, 0.5) is 5.69 Å². The number of ether oxygens (including phenoxy) is 1. The number of nitrogens with zero attached hydrogens (tertiary/aromatic N) is 1. The molecule has 1 heterocycles. The summed E-state index contributed by atoms with van der Waals surface area (Å²) in [7, 11) is 2.01. The summed E-state index contributed by atoms with van der Waals surface area (Å²) >= 11 is 0. The maximum absolute atomic E-state index is 12.3. The first-order chi connectivity index (χ1) is 13.7. The minimum atomic E-state index is 0.0639. The summed E-state index contributed by atoms with van der Waals surface area (Å²) in [5, 5.41) is 6.21. The highest BCUT2D eigenvalue weighted by molar-refractivity contribution is 5.90. The molecule has 1 fully saturated rings. The minimum Gasteiger partial charge on any atom is -0.457 e. The van der Waals surface area contributed by atoms with Crippen molar-refractivity contribution in [1.82, 2.24) is 10.2 Å². The molecule has 0 atom stereocenters. The molecule has 0 aromatic heterocycles. The molecule has 2 aromatic carbocycles. The molecule has 1 amide bonds. The highest BCUT2D eigenvalue weighted by atomic mass is 16.5. The van der Waals surface area contributed by atoms with Gasteiger partial charge in [0.05, 0.1) is 0 Å². The van der Waals surface area contributed by atoms with Crippen molar-refractivity contribution in [3.63, 3.8) is 0 Å². The van der Waals surface area contributed by atoms with Gasteiger partial charge >= 0.3 is 0 Å². The van der Waals surface area contributed by atoms with E-state index >= 15 is 0 Å². The van der Waals surface area contributed by atoms with Crippen LogP contribution < -0.4 is 15.4 Å². The van der Waals surface area contributed by atoms with Gasteiger partial charge in [-0.2, -0.15) is 0 Å². The highest BCUT2D eigenvalue weighted by Crippen LogP contribution is 2.23. The van der Waals surface area contributed by atoms with Crippen LogP contribution in [0.3, 0.4) is 0 Å². The van der Waals surface area contributed by atoms with Gasteiger partial charge in [0.2, 0.25) is 5.91 Å².